The number of benzene rings is 1. The van der Waals surface area contributed by atoms with Crippen molar-refractivity contribution in [3.8, 4) is 17.0 Å². The zero-order valence-corrected chi connectivity index (χ0v) is 10.8. The Labute approximate surface area is 111 Å². The average molecular weight is 261 g/mol. The summed E-state index contributed by atoms with van der Waals surface area (Å²) >= 11 is 0. The standard InChI is InChI=1S/C14H16FN3O/c1-18-14(16)7-12(17-18)11-6-10(15)4-5-13(11)19-8-9-2-3-9/h4-7,9H,2-3,8,16H2,1H3. The molecule has 1 aromatic carbocycles. The molecule has 100 valence electrons. The summed E-state index contributed by atoms with van der Waals surface area (Å²) in [5.41, 5.74) is 7.04. The van der Waals surface area contributed by atoms with Crippen LogP contribution in [0.1, 0.15) is 12.8 Å². The highest BCUT2D eigenvalue weighted by Gasteiger charge is 2.23. The molecular formula is C14H16FN3O. The summed E-state index contributed by atoms with van der Waals surface area (Å²) in [6.45, 7) is 0.681. The van der Waals surface area contributed by atoms with Crippen molar-refractivity contribution in [3.63, 3.8) is 0 Å². The average Bonchev–Trinajstić information content (AvgIpc) is 3.14. The molecule has 0 unspecified atom stereocenters. The van der Waals surface area contributed by atoms with Gasteiger partial charge in [-0.2, -0.15) is 5.10 Å². The number of hydrogen-bond acceptors (Lipinski definition) is 3. The van der Waals surface area contributed by atoms with Gasteiger partial charge in [0.1, 0.15) is 17.4 Å². The molecule has 1 fully saturated rings. The third-order valence-corrected chi connectivity index (χ3v) is 3.31. The summed E-state index contributed by atoms with van der Waals surface area (Å²) in [5.74, 6) is 1.53. The van der Waals surface area contributed by atoms with Gasteiger partial charge in [0.05, 0.1) is 12.3 Å². The summed E-state index contributed by atoms with van der Waals surface area (Å²) < 4.78 is 20.8. The van der Waals surface area contributed by atoms with Crippen LogP contribution in [0, 0.1) is 11.7 Å². The quantitative estimate of drug-likeness (QED) is 0.920. The summed E-state index contributed by atoms with van der Waals surface area (Å²) in [6, 6.07) is 6.21. The van der Waals surface area contributed by atoms with Crippen molar-refractivity contribution in [2.75, 3.05) is 12.3 Å². The van der Waals surface area contributed by atoms with E-state index in [1.165, 1.54) is 25.0 Å². The number of ether oxygens (including phenoxy) is 1. The van der Waals surface area contributed by atoms with E-state index >= 15 is 0 Å². The Morgan fingerprint density at radius 1 is 1.42 bits per heavy atom. The Balaban J connectivity index is 1.94. The molecule has 0 bridgehead atoms. The second-order valence-electron chi connectivity index (χ2n) is 4.97. The first-order chi connectivity index (χ1) is 9.13. The molecule has 1 aromatic heterocycles. The van der Waals surface area contributed by atoms with Crippen LogP contribution in [0.2, 0.25) is 0 Å². The van der Waals surface area contributed by atoms with Crippen molar-refractivity contribution >= 4 is 5.82 Å². The van der Waals surface area contributed by atoms with Crippen LogP contribution < -0.4 is 10.5 Å². The lowest BCUT2D eigenvalue weighted by atomic mass is 10.1. The molecule has 19 heavy (non-hydrogen) atoms. The van der Waals surface area contributed by atoms with Crippen molar-refractivity contribution in [2.24, 2.45) is 13.0 Å². The van der Waals surface area contributed by atoms with Gasteiger partial charge in [-0.05, 0) is 37.0 Å². The Morgan fingerprint density at radius 2 is 2.21 bits per heavy atom. The predicted octanol–water partition coefficient (Wildman–Crippen LogP) is 2.60. The molecule has 1 heterocycles. The van der Waals surface area contributed by atoms with Gasteiger partial charge in [-0.15, -0.1) is 0 Å². The number of aryl methyl sites for hydroxylation is 1. The number of nitrogen functional groups attached to an aromatic ring is 1. The Kier molecular flexibility index (Phi) is 2.89. The van der Waals surface area contributed by atoms with E-state index in [0.29, 0.717) is 35.3 Å². The van der Waals surface area contributed by atoms with Gasteiger partial charge in [0.25, 0.3) is 0 Å². The van der Waals surface area contributed by atoms with Crippen molar-refractivity contribution in [2.45, 2.75) is 12.8 Å². The van der Waals surface area contributed by atoms with E-state index in [-0.39, 0.29) is 5.82 Å². The van der Waals surface area contributed by atoms with E-state index in [1.54, 1.807) is 23.9 Å². The maximum absolute atomic E-state index is 13.4. The number of hydrogen-bond donors (Lipinski definition) is 1. The molecular weight excluding hydrogens is 245 g/mol. The Morgan fingerprint density at radius 3 is 2.84 bits per heavy atom. The first kappa shape index (κ1) is 12.0. The summed E-state index contributed by atoms with van der Waals surface area (Å²) in [6.07, 6.45) is 2.43. The number of aromatic nitrogens is 2. The van der Waals surface area contributed by atoms with E-state index in [0.717, 1.165) is 0 Å². The third-order valence-electron chi connectivity index (χ3n) is 3.31. The van der Waals surface area contributed by atoms with Crippen LogP contribution in [0.15, 0.2) is 24.3 Å². The van der Waals surface area contributed by atoms with Crippen molar-refractivity contribution in [1.29, 1.82) is 0 Å². The number of rotatable bonds is 4. The lowest BCUT2D eigenvalue weighted by molar-refractivity contribution is 0.300. The number of anilines is 1. The number of nitrogens with two attached hydrogens (primary N) is 1. The van der Waals surface area contributed by atoms with Gasteiger partial charge in [-0.25, -0.2) is 4.39 Å². The van der Waals surface area contributed by atoms with Crippen LogP contribution >= 0.6 is 0 Å². The zero-order valence-electron chi connectivity index (χ0n) is 10.8. The van der Waals surface area contributed by atoms with Crippen molar-refractivity contribution < 1.29 is 9.13 Å². The van der Waals surface area contributed by atoms with Gasteiger partial charge in [-0.1, -0.05) is 0 Å². The Bertz CT molecular complexity index is 585. The van der Waals surface area contributed by atoms with Gasteiger partial charge >= 0.3 is 0 Å². The molecule has 1 aliphatic carbocycles. The molecule has 2 aromatic rings. The van der Waals surface area contributed by atoms with Gasteiger partial charge < -0.3 is 10.5 Å². The highest BCUT2D eigenvalue weighted by molar-refractivity contribution is 5.69. The van der Waals surface area contributed by atoms with E-state index < -0.39 is 0 Å². The van der Waals surface area contributed by atoms with Crippen molar-refractivity contribution in [1.82, 2.24) is 9.78 Å². The molecule has 5 heteroatoms. The summed E-state index contributed by atoms with van der Waals surface area (Å²) in [5, 5.41) is 4.27. The fraction of sp³-hybridized carbons (Fsp3) is 0.357. The zero-order chi connectivity index (χ0) is 13.4. The molecule has 1 aliphatic rings. The minimum atomic E-state index is -0.307. The molecule has 4 nitrogen and oxygen atoms in total. The van der Waals surface area contributed by atoms with Crippen LogP contribution in [-0.2, 0) is 7.05 Å². The minimum absolute atomic E-state index is 0.307. The van der Waals surface area contributed by atoms with Gasteiger partial charge in [0.15, 0.2) is 0 Å². The van der Waals surface area contributed by atoms with E-state index in [4.69, 9.17) is 10.5 Å². The molecule has 2 N–H and O–H groups in total. The van der Waals surface area contributed by atoms with Crippen LogP contribution in [-0.4, -0.2) is 16.4 Å². The molecule has 0 saturated heterocycles. The molecule has 0 aliphatic heterocycles. The van der Waals surface area contributed by atoms with E-state index in [1.807, 2.05) is 0 Å². The summed E-state index contributed by atoms with van der Waals surface area (Å²) in [7, 11) is 1.75. The van der Waals surface area contributed by atoms with Crippen LogP contribution in [0.3, 0.4) is 0 Å². The number of halogens is 1. The normalized spacial score (nSPS) is 14.6. The maximum Gasteiger partial charge on any atom is 0.128 e. The van der Waals surface area contributed by atoms with Crippen LogP contribution in [0.4, 0.5) is 10.2 Å². The van der Waals surface area contributed by atoms with Gasteiger partial charge in [0.2, 0.25) is 0 Å². The third kappa shape index (κ3) is 2.54. The second-order valence-corrected chi connectivity index (χ2v) is 4.97. The van der Waals surface area contributed by atoms with Crippen LogP contribution in [0.5, 0.6) is 5.75 Å². The predicted molar refractivity (Wildman–Crippen MR) is 71.2 cm³/mol. The minimum Gasteiger partial charge on any atom is -0.493 e. The lowest BCUT2D eigenvalue weighted by Crippen LogP contribution is -2.01. The van der Waals surface area contributed by atoms with Gasteiger partial charge in [-0.3, -0.25) is 4.68 Å². The first-order valence-electron chi connectivity index (χ1n) is 6.36. The first-order valence-corrected chi connectivity index (χ1v) is 6.36. The lowest BCUT2D eigenvalue weighted by Gasteiger charge is -2.09. The molecule has 0 amide bonds. The largest absolute Gasteiger partial charge is 0.493 e. The molecule has 0 spiro atoms. The summed E-state index contributed by atoms with van der Waals surface area (Å²) in [4.78, 5) is 0. The monoisotopic (exact) mass is 261 g/mol. The Hall–Kier alpha value is -2.04. The smallest absolute Gasteiger partial charge is 0.128 e. The number of nitrogens with zero attached hydrogens (tertiary/aromatic N) is 2. The molecule has 3 rings (SSSR count). The van der Waals surface area contributed by atoms with E-state index in [2.05, 4.69) is 5.10 Å². The molecule has 0 atom stereocenters. The molecule has 0 radical (unpaired) electrons. The van der Waals surface area contributed by atoms with Gasteiger partial charge in [0, 0.05) is 18.7 Å². The second kappa shape index (κ2) is 4.57. The maximum atomic E-state index is 13.4. The highest BCUT2D eigenvalue weighted by Crippen LogP contribution is 2.34. The van der Waals surface area contributed by atoms with E-state index in [9.17, 15) is 4.39 Å². The fourth-order valence-corrected chi connectivity index (χ4v) is 1.93. The SMILES string of the molecule is Cn1nc(-c2cc(F)ccc2OCC2CC2)cc1N. The van der Waals surface area contributed by atoms with Crippen LogP contribution in [0.25, 0.3) is 11.3 Å². The highest BCUT2D eigenvalue weighted by atomic mass is 19.1. The topological polar surface area (TPSA) is 53.1 Å². The van der Waals surface area contributed by atoms with Crippen molar-refractivity contribution in [3.05, 3.63) is 30.1 Å². The fourth-order valence-electron chi connectivity index (χ4n) is 1.93. The molecule has 1 saturated carbocycles.